The number of nitrogens with zero attached hydrogens (tertiary/aromatic N) is 2. The van der Waals surface area contributed by atoms with Gasteiger partial charge in [-0.3, -0.25) is 4.79 Å². The molecule has 26 heavy (non-hydrogen) atoms. The largest absolute Gasteiger partial charge is 0.427 e. The quantitative estimate of drug-likeness (QED) is 0.752. The molecule has 2 aliphatic rings. The van der Waals surface area contributed by atoms with E-state index in [0.717, 1.165) is 69.9 Å². The lowest BCUT2D eigenvalue weighted by Gasteiger charge is -2.33. The van der Waals surface area contributed by atoms with Crippen LogP contribution in [0.2, 0.25) is 0 Å². The van der Waals surface area contributed by atoms with Crippen LogP contribution in [0.4, 0.5) is 0 Å². The third-order valence-electron chi connectivity index (χ3n) is 5.75. The van der Waals surface area contributed by atoms with E-state index in [4.69, 9.17) is 4.42 Å². The Bertz CT molecular complexity index is 673. The first-order valence-corrected chi connectivity index (χ1v) is 9.96. The molecule has 1 N–H and O–H groups in total. The minimum Gasteiger partial charge on any atom is -0.427 e. The summed E-state index contributed by atoms with van der Waals surface area (Å²) in [6, 6.07) is 1.87. The molecule has 2 fully saturated rings. The third-order valence-corrected chi connectivity index (χ3v) is 5.75. The molecule has 3 rings (SSSR count). The van der Waals surface area contributed by atoms with E-state index in [1.807, 2.05) is 13.0 Å². The molecule has 1 saturated heterocycles. The number of carbonyl (C=O) groups is 1. The molecule has 0 unspecified atom stereocenters. The van der Waals surface area contributed by atoms with Crippen LogP contribution in [-0.4, -0.2) is 61.5 Å². The molecule has 2 heterocycles. The first-order valence-electron chi connectivity index (χ1n) is 9.96. The summed E-state index contributed by atoms with van der Waals surface area (Å²) in [5.41, 5.74) is 0.376. The van der Waals surface area contributed by atoms with Crippen LogP contribution in [0.1, 0.15) is 60.2 Å². The highest BCUT2D eigenvalue weighted by atomic mass is 16.4. The van der Waals surface area contributed by atoms with Gasteiger partial charge in [-0.15, -0.1) is 0 Å². The van der Waals surface area contributed by atoms with Gasteiger partial charge in [-0.25, -0.2) is 4.79 Å². The zero-order valence-corrected chi connectivity index (χ0v) is 16.1. The van der Waals surface area contributed by atoms with Crippen molar-refractivity contribution in [3.05, 3.63) is 33.4 Å². The number of nitrogens with one attached hydrogen (secondary N) is 1. The number of hydrogen-bond donors (Lipinski definition) is 1. The normalized spacial score (nSPS) is 19.3. The van der Waals surface area contributed by atoms with Crippen molar-refractivity contribution in [2.45, 2.75) is 45.4 Å². The molecule has 144 valence electrons. The molecule has 6 heteroatoms. The van der Waals surface area contributed by atoms with Gasteiger partial charge in [-0.05, 0) is 50.9 Å². The lowest BCUT2D eigenvalue weighted by Crippen LogP contribution is -2.46. The number of piperazine rings is 1. The summed E-state index contributed by atoms with van der Waals surface area (Å²) in [7, 11) is 0. The highest BCUT2D eigenvalue weighted by Crippen LogP contribution is 2.36. The van der Waals surface area contributed by atoms with Gasteiger partial charge < -0.3 is 19.5 Å². The lowest BCUT2D eigenvalue weighted by molar-refractivity contribution is 0.0943. The number of carbonyl (C=O) groups excluding carboxylic acids is 1. The van der Waals surface area contributed by atoms with Crippen molar-refractivity contribution >= 4 is 5.91 Å². The summed E-state index contributed by atoms with van der Waals surface area (Å²) < 4.78 is 5.41. The van der Waals surface area contributed by atoms with Crippen LogP contribution in [0.15, 0.2) is 15.3 Å². The van der Waals surface area contributed by atoms with Crippen molar-refractivity contribution in [2.24, 2.45) is 0 Å². The average molecular weight is 361 g/mol. The molecule has 6 nitrogen and oxygen atoms in total. The predicted molar refractivity (Wildman–Crippen MR) is 102 cm³/mol. The zero-order valence-electron chi connectivity index (χ0n) is 16.1. The Labute approximate surface area is 155 Å². The molecule has 1 aromatic heterocycles. The van der Waals surface area contributed by atoms with Crippen LogP contribution in [0.3, 0.4) is 0 Å². The fourth-order valence-corrected chi connectivity index (χ4v) is 3.72. The van der Waals surface area contributed by atoms with Crippen molar-refractivity contribution in [3.8, 4) is 0 Å². The molecular formula is C20H31N3O3. The van der Waals surface area contributed by atoms with Crippen LogP contribution in [-0.2, 0) is 0 Å². The van der Waals surface area contributed by atoms with Crippen molar-refractivity contribution < 1.29 is 9.21 Å². The molecule has 1 saturated carbocycles. The summed E-state index contributed by atoms with van der Waals surface area (Å²) in [5, 5.41) is 2.88. The van der Waals surface area contributed by atoms with E-state index >= 15 is 0 Å². The average Bonchev–Trinajstić information content (AvgIpc) is 2.57. The SMILES string of the molecule is CCN1CCN(CCCNC(=O)c2c(C)cc(C3CCC3)oc2=O)CC1. The maximum Gasteiger partial charge on any atom is 0.349 e. The minimum absolute atomic E-state index is 0.157. The number of aryl methyl sites for hydroxylation is 1. The van der Waals surface area contributed by atoms with E-state index in [9.17, 15) is 9.59 Å². The first-order chi connectivity index (χ1) is 12.6. The fourth-order valence-electron chi connectivity index (χ4n) is 3.72. The molecule has 0 bridgehead atoms. The van der Waals surface area contributed by atoms with E-state index < -0.39 is 5.63 Å². The molecule has 1 amide bonds. The Morgan fingerprint density at radius 2 is 1.92 bits per heavy atom. The van der Waals surface area contributed by atoms with Crippen molar-refractivity contribution in [3.63, 3.8) is 0 Å². The lowest BCUT2D eigenvalue weighted by atomic mass is 9.83. The van der Waals surface area contributed by atoms with Crippen molar-refractivity contribution in [1.82, 2.24) is 15.1 Å². The van der Waals surface area contributed by atoms with Crippen molar-refractivity contribution in [1.29, 1.82) is 0 Å². The molecular weight excluding hydrogens is 330 g/mol. The van der Waals surface area contributed by atoms with Gasteiger partial charge in [0.05, 0.1) is 0 Å². The third kappa shape index (κ3) is 4.54. The maximum atomic E-state index is 12.4. The van der Waals surface area contributed by atoms with Gasteiger partial charge in [-0.2, -0.15) is 0 Å². The van der Waals surface area contributed by atoms with Crippen LogP contribution < -0.4 is 10.9 Å². The Hall–Kier alpha value is -1.66. The van der Waals surface area contributed by atoms with Crippen molar-refractivity contribution in [2.75, 3.05) is 45.8 Å². The Morgan fingerprint density at radius 1 is 1.23 bits per heavy atom. The second-order valence-corrected chi connectivity index (χ2v) is 7.51. The van der Waals surface area contributed by atoms with Gasteiger partial charge in [0.1, 0.15) is 11.3 Å². The summed E-state index contributed by atoms with van der Waals surface area (Å²) in [6.07, 6.45) is 4.21. The molecule has 0 spiro atoms. The smallest absolute Gasteiger partial charge is 0.349 e. The summed E-state index contributed by atoms with van der Waals surface area (Å²) >= 11 is 0. The molecule has 0 atom stereocenters. The van der Waals surface area contributed by atoms with E-state index in [1.54, 1.807) is 0 Å². The summed E-state index contributed by atoms with van der Waals surface area (Å²) in [4.78, 5) is 29.5. The van der Waals surface area contributed by atoms with Gasteiger partial charge in [0, 0.05) is 38.6 Å². The molecule has 1 aromatic rings. The predicted octanol–water partition coefficient (Wildman–Crippen LogP) is 1.97. The first kappa shape index (κ1) is 19.1. The monoisotopic (exact) mass is 361 g/mol. The van der Waals surface area contributed by atoms with Crippen LogP contribution in [0.25, 0.3) is 0 Å². The van der Waals surface area contributed by atoms with Crippen LogP contribution >= 0.6 is 0 Å². The second-order valence-electron chi connectivity index (χ2n) is 7.51. The van der Waals surface area contributed by atoms with E-state index in [2.05, 4.69) is 22.0 Å². The van der Waals surface area contributed by atoms with Gasteiger partial charge in [0.15, 0.2) is 0 Å². The minimum atomic E-state index is -0.500. The van der Waals surface area contributed by atoms with Gasteiger partial charge in [0.25, 0.3) is 5.91 Å². The topological polar surface area (TPSA) is 65.8 Å². The Balaban J connectivity index is 1.45. The number of likely N-dealkylation sites (N-methyl/N-ethyl adjacent to an activating group) is 1. The highest BCUT2D eigenvalue weighted by Gasteiger charge is 2.25. The molecule has 0 aromatic carbocycles. The van der Waals surface area contributed by atoms with Gasteiger partial charge in [-0.1, -0.05) is 13.3 Å². The molecule has 1 aliphatic heterocycles. The number of rotatable bonds is 7. The maximum absolute atomic E-state index is 12.4. The standard InChI is InChI=1S/C20H31N3O3/c1-3-22-10-12-23(13-11-22)9-5-8-21-19(24)18-15(2)14-17(26-20(18)25)16-6-4-7-16/h14,16H,3-13H2,1-2H3,(H,21,24). The Kier molecular flexibility index (Phi) is 6.48. The van der Waals surface area contributed by atoms with Crippen LogP contribution in [0, 0.1) is 6.92 Å². The fraction of sp³-hybridized carbons (Fsp3) is 0.700. The highest BCUT2D eigenvalue weighted by molar-refractivity contribution is 5.95. The Morgan fingerprint density at radius 3 is 2.50 bits per heavy atom. The number of amides is 1. The number of hydrogen-bond acceptors (Lipinski definition) is 5. The summed E-state index contributed by atoms with van der Waals surface area (Å²) in [5.74, 6) is 0.778. The van der Waals surface area contributed by atoms with E-state index in [1.165, 1.54) is 6.42 Å². The van der Waals surface area contributed by atoms with Gasteiger partial charge >= 0.3 is 5.63 Å². The zero-order chi connectivity index (χ0) is 18.5. The summed E-state index contributed by atoms with van der Waals surface area (Å²) in [6.45, 7) is 11.1. The molecule has 1 aliphatic carbocycles. The molecule has 0 radical (unpaired) electrons. The second kappa shape index (κ2) is 8.82. The van der Waals surface area contributed by atoms with Gasteiger partial charge in [0.2, 0.25) is 0 Å². The van der Waals surface area contributed by atoms with E-state index in [0.29, 0.717) is 12.5 Å². The van der Waals surface area contributed by atoms with Crippen LogP contribution in [0.5, 0.6) is 0 Å². The van der Waals surface area contributed by atoms with E-state index in [-0.39, 0.29) is 11.5 Å².